The lowest BCUT2D eigenvalue weighted by Crippen LogP contribution is -2.27. The molecule has 5 heteroatoms. The number of nitrogens with zero attached hydrogens (tertiary/aromatic N) is 2. The van der Waals surface area contributed by atoms with Crippen molar-refractivity contribution in [2.45, 2.75) is 58.1 Å². The van der Waals surface area contributed by atoms with Gasteiger partial charge in [0.15, 0.2) is 6.04 Å². The Morgan fingerprint density at radius 2 is 2.11 bits per heavy atom. The molecule has 0 aliphatic rings. The lowest BCUT2D eigenvalue weighted by molar-refractivity contribution is -0.464. The van der Waals surface area contributed by atoms with Crippen molar-refractivity contribution in [2.75, 3.05) is 13.7 Å². The van der Waals surface area contributed by atoms with Crippen molar-refractivity contribution in [3.63, 3.8) is 0 Å². The monoisotopic (exact) mass is 258 g/mol. The molecule has 5 nitrogen and oxygen atoms in total. The highest BCUT2D eigenvalue weighted by Crippen LogP contribution is 2.04. The van der Waals surface area contributed by atoms with E-state index in [2.05, 4.69) is 12.0 Å². The first-order valence-corrected chi connectivity index (χ1v) is 6.62. The first-order valence-electron chi connectivity index (χ1n) is 6.62. The van der Waals surface area contributed by atoms with Crippen LogP contribution in [0.5, 0.6) is 0 Å². The molecule has 0 spiro atoms. The van der Waals surface area contributed by atoms with Crippen LogP contribution in [0.3, 0.4) is 0 Å². The molecule has 0 aromatic carbocycles. The SMILES string of the molecule is CCCCCC/C=C\[N+]([O-])=N[C@H](COC)[C@@H](C)O. The number of hydroxylamine groups is 1. The van der Waals surface area contributed by atoms with E-state index in [0.29, 0.717) is 4.86 Å². The van der Waals surface area contributed by atoms with Crippen LogP contribution in [-0.4, -0.2) is 35.8 Å². The molecule has 0 aromatic rings. The highest BCUT2D eigenvalue weighted by Gasteiger charge is 2.17. The summed E-state index contributed by atoms with van der Waals surface area (Å²) in [5.74, 6) is 0. The van der Waals surface area contributed by atoms with Crippen molar-refractivity contribution in [2.24, 2.45) is 5.11 Å². The first-order chi connectivity index (χ1) is 8.61. The van der Waals surface area contributed by atoms with Crippen molar-refractivity contribution in [3.8, 4) is 0 Å². The Morgan fingerprint density at radius 1 is 1.39 bits per heavy atom. The molecule has 0 amide bonds. The maximum absolute atomic E-state index is 11.4. The molecule has 18 heavy (non-hydrogen) atoms. The number of aliphatic hydroxyl groups excluding tert-OH is 1. The molecule has 2 atom stereocenters. The van der Waals surface area contributed by atoms with Gasteiger partial charge in [-0.05, 0) is 31.0 Å². The number of methoxy groups -OCH3 is 1. The van der Waals surface area contributed by atoms with E-state index in [1.807, 2.05) is 6.08 Å². The fourth-order valence-electron chi connectivity index (χ4n) is 1.48. The van der Waals surface area contributed by atoms with Gasteiger partial charge >= 0.3 is 0 Å². The third-order valence-electron chi connectivity index (χ3n) is 2.61. The lowest BCUT2D eigenvalue weighted by Gasteiger charge is -2.11. The van der Waals surface area contributed by atoms with Crippen molar-refractivity contribution >= 4 is 0 Å². The van der Waals surface area contributed by atoms with Gasteiger partial charge in [0.1, 0.15) is 0 Å². The minimum atomic E-state index is -0.695. The zero-order valence-electron chi connectivity index (χ0n) is 11.7. The second kappa shape index (κ2) is 11.2. The summed E-state index contributed by atoms with van der Waals surface area (Å²) in [6, 6.07) is -0.516. The Balaban J connectivity index is 4.02. The Bertz CT molecular complexity index is 253. The maximum Gasteiger partial charge on any atom is 0.205 e. The summed E-state index contributed by atoms with van der Waals surface area (Å²) < 4.78 is 4.89. The molecule has 0 heterocycles. The first kappa shape index (κ1) is 17.1. The summed E-state index contributed by atoms with van der Waals surface area (Å²) >= 11 is 0. The molecule has 106 valence electrons. The largest absolute Gasteiger partial charge is 0.595 e. The zero-order valence-corrected chi connectivity index (χ0v) is 11.7. The van der Waals surface area contributed by atoms with E-state index >= 15 is 0 Å². The van der Waals surface area contributed by atoms with Gasteiger partial charge in [0.25, 0.3) is 0 Å². The van der Waals surface area contributed by atoms with Crippen LogP contribution in [0.1, 0.15) is 46.0 Å². The molecule has 0 fully saturated rings. The number of rotatable bonds is 10. The topological polar surface area (TPSA) is 67.9 Å². The Morgan fingerprint density at radius 3 is 2.67 bits per heavy atom. The minimum absolute atomic E-state index is 0.237. The van der Waals surface area contributed by atoms with Gasteiger partial charge in [-0.2, -0.15) is 0 Å². The predicted octanol–water partition coefficient (Wildman–Crippen LogP) is 2.83. The van der Waals surface area contributed by atoms with Crippen LogP contribution in [0.2, 0.25) is 0 Å². The van der Waals surface area contributed by atoms with Crippen LogP contribution < -0.4 is 0 Å². The molecule has 0 radical (unpaired) electrons. The number of aliphatic hydroxyl groups is 1. The summed E-state index contributed by atoms with van der Waals surface area (Å²) in [4.78, 5) is 0.510. The Labute approximate surface area is 110 Å². The number of ether oxygens (including phenoxy) is 1. The predicted molar refractivity (Wildman–Crippen MR) is 71.3 cm³/mol. The van der Waals surface area contributed by atoms with Gasteiger partial charge in [-0.25, -0.2) is 0 Å². The fourth-order valence-corrected chi connectivity index (χ4v) is 1.48. The van der Waals surface area contributed by atoms with Crippen molar-refractivity contribution in [1.29, 1.82) is 0 Å². The van der Waals surface area contributed by atoms with Gasteiger partial charge in [-0.15, -0.1) is 0 Å². The minimum Gasteiger partial charge on any atom is -0.595 e. The van der Waals surface area contributed by atoms with E-state index in [1.54, 1.807) is 6.92 Å². The van der Waals surface area contributed by atoms with Crippen LogP contribution >= 0.6 is 0 Å². The molecule has 0 aliphatic heterocycles. The van der Waals surface area contributed by atoms with E-state index < -0.39 is 12.1 Å². The van der Waals surface area contributed by atoms with E-state index in [4.69, 9.17) is 4.74 Å². The van der Waals surface area contributed by atoms with Gasteiger partial charge < -0.3 is 15.1 Å². The summed E-state index contributed by atoms with van der Waals surface area (Å²) in [5.41, 5.74) is 0. The normalized spacial score (nSPS) is 16.1. The lowest BCUT2D eigenvalue weighted by atomic mass is 10.1. The summed E-state index contributed by atoms with van der Waals surface area (Å²) in [6.45, 7) is 4.00. The third-order valence-corrected chi connectivity index (χ3v) is 2.61. The van der Waals surface area contributed by atoms with Gasteiger partial charge in [0.05, 0.1) is 12.7 Å². The smallest absolute Gasteiger partial charge is 0.205 e. The molecule has 0 aromatic heterocycles. The number of azo groups is 1. The van der Waals surface area contributed by atoms with Crippen LogP contribution in [0.4, 0.5) is 0 Å². The van der Waals surface area contributed by atoms with E-state index in [1.165, 1.54) is 32.6 Å². The average molecular weight is 258 g/mol. The quantitative estimate of drug-likeness (QED) is 0.283. The second-order valence-electron chi connectivity index (χ2n) is 4.42. The molecule has 0 saturated heterocycles. The highest BCUT2D eigenvalue weighted by molar-refractivity contribution is 4.73. The van der Waals surface area contributed by atoms with Gasteiger partial charge in [0.2, 0.25) is 6.20 Å². The number of allylic oxidation sites excluding steroid dienone is 1. The molecule has 1 N–H and O–H groups in total. The van der Waals surface area contributed by atoms with Crippen molar-refractivity contribution in [3.05, 3.63) is 17.5 Å². The number of unbranched alkanes of at least 4 members (excludes halogenated alkanes) is 4. The zero-order chi connectivity index (χ0) is 13.8. The van der Waals surface area contributed by atoms with Gasteiger partial charge in [-0.3, -0.25) is 0 Å². The van der Waals surface area contributed by atoms with Gasteiger partial charge in [-0.1, -0.05) is 31.0 Å². The third kappa shape index (κ3) is 9.13. The van der Waals surface area contributed by atoms with E-state index in [0.717, 1.165) is 12.8 Å². The highest BCUT2D eigenvalue weighted by atomic mass is 16.5. The summed E-state index contributed by atoms with van der Waals surface area (Å²) in [7, 11) is 1.52. The Kier molecular flexibility index (Phi) is 10.6. The number of hydrogen-bond donors (Lipinski definition) is 1. The molecule has 0 saturated carbocycles. The summed E-state index contributed by atoms with van der Waals surface area (Å²) in [5, 5.41) is 24.6. The van der Waals surface area contributed by atoms with Crippen LogP contribution in [0.15, 0.2) is 17.4 Å². The van der Waals surface area contributed by atoms with E-state index in [-0.39, 0.29) is 6.61 Å². The van der Waals surface area contributed by atoms with Crippen LogP contribution in [0, 0.1) is 5.21 Å². The van der Waals surface area contributed by atoms with Crippen molar-refractivity contribution < 1.29 is 14.7 Å². The van der Waals surface area contributed by atoms with Gasteiger partial charge in [0, 0.05) is 7.11 Å². The number of hydrogen-bond acceptors (Lipinski definition) is 4. The van der Waals surface area contributed by atoms with E-state index in [9.17, 15) is 10.3 Å². The Hall–Kier alpha value is -0.940. The molecule has 0 bridgehead atoms. The second-order valence-corrected chi connectivity index (χ2v) is 4.42. The fraction of sp³-hybridized carbons (Fsp3) is 0.846. The molecule has 0 unspecified atom stereocenters. The average Bonchev–Trinajstić information content (AvgIpc) is 2.33. The van der Waals surface area contributed by atoms with Crippen LogP contribution in [-0.2, 0) is 4.74 Å². The molecular formula is C13H26N2O3. The maximum atomic E-state index is 11.4. The molecule has 0 aliphatic carbocycles. The molecule has 0 rings (SSSR count). The molecular weight excluding hydrogens is 232 g/mol. The van der Waals surface area contributed by atoms with Crippen molar-refractivity contribution in [1.82, 2.24) is 0 Å². The van der Waals surface area contributed by atoms with Crippen LogP contribution in [0.25, 0.3) is 0 Å². The summed E-state index contributed by atoms with van der Waals surface area (Å²) in [6.07, 6.45) is 8.14. The standard InChI is InChI=1S/C13H26N2O3/c1-4-5-6-7-8-9-10-15(17)14-13(11-18-3)12(2)16/h9-10,12-13,16H,4-8,11H2,1-3H3/b10-9-,15-14?/t12-,13-/m1/s1.